The van der Waals surface area contributed by atoms with Crippen molar-refractivity contribution in [1.82, 2.24) is 20.0 Å². The van der Waals surface area contributed by atoms with Crippen molar-refractivity contribution in [3.8, 4) is 0 Å². The van der Waals surface area contributed by atoms with E-state index in [9.17, 15) is 9.59 Å². The van der Waals surface area contributed by atoms with E-state index in [1.165, 1.54) is 7.11 Å². The Morgan fingerprint density at radius 2 is 1.66 bits per heavy atom. The molecule has 0 N–H and O–H groups in total. The van der Waals surface area contributed by atoms with Gasteiger partial charge in [-0.1, -0.05) is 0 Å². The normalized spacial score (nSPS) is 19.2. The van der Waals surface area contributed by atoms with Crippen molar-refractivity contribution in [2.24, 2.45) is 0 Å². The van der Waals surface area contributed by atoms with Crippen LogP contribution in [-0.2, 0) is 9.47 Å². The summed E-state index contributed by atoms with van der Waals surface area (Å²) in [5.74, 6) is 0.295. The number of ether oxygens (including phenoxy) is 2. The Balaban J connectivity index is 1.45. The molecule has 1 aromatic heterocycles. The number of esters is 1. The minimum absolute atomic E-state index is 0.213. The first-order chi connectivity index (χ1) is 13.8. The van der Waals surface area contributed by atoms with Crippen molar-refractivity contribution >= 4 is 17.9 Å². The Morgan fingerprint density at radius 1 is 1.00 bits per heavy atom. The molecule has 2 saturated heterocycles. The maximum Gasteiger partial charge on any atom is 0.410 e. The van der Waals surface area contributed by atoms with E-state index in [0.717, 1.165) is 57.9 Å². The number of rotatable bonds is 3. The number of carbonyl (C=O) groups is 2. The first kappa shape index (κ1) is 21.3. The largest absolute Gasteiger partial charge is 0.464 e. The number of methoxy groups -OCH3 is 1. The van der Waals surface area contributed by atoms with E-state index >= 15 is 0 Å². The van der Waals surface area contributed by atoms with Gasteiger partial charge in [0.15, 0.2) is 11.5 Å². The Bertz CT molecular complexity index is 703. The van der Waals surface area contributed by atoms with Crippen molar-refractivity contribution in [2.45, 2.75) is 45.3 Å². The average molecular weight is 405 g/mol. The zero-order chi connectivity index (χ0) is 21.0. The average Bonchev–Trinajstić information content (AvgIpc) is 2.72. The highest BCUT2D eigenvalue weighted by Gasteiger charge is 2.31. The molecule has 0 saturated carbocycles. The topological polar surface area (TPSA) is 88.1 Å². The Labute approximate surface area is 171 Å². The zero-order valence-corrected chi connectivity index (χ0v) is 17.8. The Kier molecular flexibility index (Phi) is 6.56. The monoisotopic (exact) mass is 405 g/mol. The molecule has 3 heterocycles. The van der Waals surface area contributed by atoms with Gasteiger partial charge in [0.25, 0.3) is 0 Å². The Hall–Kier alpha value is -2.42. The van der Waals surface area contributed by atoms with Gasteiger partial charge >= 0.3 is 12.1 Å². The molecule has 0 spiro atoms. The molecular weight excluding hydrogens is 374 g/mol. The summed E-state index contributed by atoms with van der Waals surface area (Å²) in [5.41, 5.74) is -0.242. The molecule has 160 valence electrons. The molecule has 9 nitrogen and oxygen atoms in total. The minimum Gasteiger partial charge on any atom is -0.464 e. The Morgan fingerprint density at radius 3 is 2.17 bits per heavy atom. The lowest BCUT2D eigenvalue weighted by Crippen LogP contribution is -2.54. The number of piperazine rings is 1. The lowest BCUT2D eigenvalue weighted by atomic mass is 10.0. The number of amides is 1. The second-order valence-corrected chi connectivity index (χ2v) is 8.49. The second kappa shape index (κ2) is 8.94. The zero-order valence-electron chi connectivity index (χ0n) is 17.8. The number of piperidine rings is 1. The third kappa shape index (κ3) is 5.56. The molecule has 0 aliphatic carbocycles. The number of hydrogen-bond acceptors (Lipinski definition) is 8. The SMILES string of the molecule is COC(=O)c1ccc(N2CCN(C3CCN(C(=O)OC(C)(C)C)CC3)CC2)nn1. The number of aromatic nitrogens is 2. The lowest BCUT2D eigenvalue weighted by molar-refractivity contribution is 0.0139. The van der Waals surface area contributed by atoms with Crippen LogP contribution in [0, 0.1) is 0 Å². The van der Waals surface area contributed by atoms with Crippen molar-refractivity contribution < 1.29 is 19.1 Å². The van der Waals surface area contributed by atoms with E-state index < -0.39 is 11.6 Å². The summed E-state index contributed by atoms with van der Waals surface area (Å²) in [6, 6.07) is 3.95. The molecular formula is C20H31N5O4. The van der Waals surface area contributed by atoms with E-state index in [4.69, 9.17) is 4.74 Å². The molecule has 2 aliphatic rings. The van der Waals surface area contributed by atoms with Crippen LogP contribution in [0.2, 0.25) is 0 Å². The van der Waals surface area contributed by atoms with E-state index in [0.29, 0.717) is 6.04 Å². The van der Waals surface area contributed by atoms with Gasteiger partial charge in [0.1, 0.15) is 5.60 Å². The number of carbonyl (C=O) groups excluding carboxylic acids is 2. The smallest absolute Gasteiger partial charge is 0.410 e. The van der Waals surface area contributed by atoms with Crippen LogP contribution in [0.25, 0.3) is 0 Å². The molecule has 0 radical (unpaired) electrons. The summed E-state index contributed by atoms with van der Waals surface area (Å²) in [6.45, 7) is 10.8. The van der Waals surface area contributed by atoms with Crippen LogP contribution in [0.5, 0.6) is 0 Å². The van der Waals surface area contributed by atoms with Crippen molar-refractivity contribution in [3.63, 3.8) is 0 Å². The summed E-state index contributed by atoms with van der Waals surface area (Å²) in [5, 5.41) is 8.12. The molecule has 0 atom stereocenters. The third-order valence-electron chi connectivity index (χ3n) is 5.32. The first-order valence-electron chi connectivity index (χ1n) is 10.2. The van der Waals surface area contributed by atoms with Crippen LogP contribution in [0.1, 0.15) is 44.1 Å². The van der Waals surface area contributed by atoms with Crippen LogP contribution in [0.15, 0.2) is 12.1 Å². The van der Waals surface area contributed by atoms with Gasteiger partial charge in [-0.25, -0.2) is 9.59 Å². The molecule has 0 aromatic carbocycles. The molecule has 9 heteroatoms. The number of anilines is 1. The van der Waals surface area contributed by atoms with Crippen molar-refractivity contribution in [1.29, 1.82) is 0 Å². The quantitative estimate of drug-likeness (QED) is 0.704. The molecule has 3 rings (SSSR count). The fraction of sp³-hybridized carbons (Fsp3) is 0.700. The van der Waals surface area contributed by atoms with Gasteiger partial charge in [-0.2, -0.15) is 0 Å². The van der Waals surface area contributed by atoms with Crippen molar-refractivity contribution in [3.05, 3.63) is 17.8 Å². The fourth-order valence-corrected chi connectivity index (χ4v) is 3.76. The highest BCUT2D eigenvalue weighted by molar-refractivity contribution is 5.86. The van der Waals surface area contributed by atoms with Crippen LogP contribution in [-0.4, -0.2) is 90.1 Å². The van der Waals surface area contributed by atoms with Crippen LogP contribution >= 0.6 is 0 Å². The number of hydrogen-bond donors (Lipinski definition) is 0. The van der Waals surface area contributed by atoms with Gasteiger partial charge < -0.3 is 19.3 Å². The molecule has 0 bridgehead atoms. The summed E-state index contributed by atoms with van der Waals surface area (Å²) in [6.07, 6.45) is 1.72. The van der Waals surface area contributed by atoms with Gasteiger partial charge in [-0.15, -0.1) is 10.2 Å². The van der Waals surface area contributed by atoms with Gasteiger partial charge in [0.2, 0.25) is 0 Å². The van der Waals surface area contributed by atoms with Gasteiger partial charge in [0, 0.05) is 45.3 Å². The van der Waals surface area contributed by atoms with Crippen molar-refractivity contribution in [2.75, 3.05) is 51.3 Å². The molecule has 1 aromatic rings. The second-order valence-electron chi connectivity index (χ2n) is 8.49. The van der Waals surface area contributed by atoms with Crippen LogP contribution < -0.4 is 4.90 Å². The highest BCUT2D eigenvalue weighted by atomic mass is 16.6. The minimum atomic E-state index is -0.480. The number of nitrogens with zero attached hydrogens (tertiary/aromatic N) is 5. The standard InChI is InChI=1S/C20H31N5O4/c1-20(2,3)29-19(27)25-9-7-15(8-10-25)23-11-13-24(14-12-23)17-6-5-16(21-22-17)18(26)28-4/h5-6,15H,7-14H2,1-4H3. The van der Waals surface area contributed by atoms with Gasteiger partial charge in [-0.05, 0) is 45.7 Å². The molecule has 2 aliphatic heterocycles. The lowest BCUT2D eigenvalue weighted by Gasteiger charge is -2.43. The van der Waals surface area contributed by atoms with E-state index in [-0.39, 0.29) is 11.8 Å². The van der Waals surface area contributed by atoms with Crippen LogP contribution in [0.4, 0.5) is 10.6 Å². The van der Waals surface area contributed by atoms with E-state index in [2.05, 4.69) is 24.7 Å². The van der Waals surface area contributed by atoms with Gasteiger partial charge in [-0.3, -0.25) is 4.90 Å². The molecule has 0 unspecified atom stereocenters. The summed E-state index contributed by atoms with van der Waals surface area (Å²) < 4.78 is 10.1. The van der Waals surface area contributed by atoms with E-state index in [1.54, 1.807) is 6.07 Å². The maximum atomic E-state index is 12.2. The maximum absolute atomic E-state index is 12.2. The summed E-state index contributed by atoms with van der Waals surface area (Å²) in [4.78, 5) is 30.2. The predicted molar refractivity (Wildman–Crippen MR) is 108 cm³/mol. The molecule has 29 heavy (non-hydrogen) atoms. The molecule has 2 fully saturated rings. The predicted octanol–water partition coefficient (Wildman–Crippen LogP) is 1.78. The van der Waals surface area contributed by atoms with E-state index in [1.807, 2.05) is 31.7 Å². The molecule has 1 amide bonds. The summed E-state index contributed by atoms with van der Waals surface area (Å²) in [7, 11) is 1.33. The number of likely N-dealkylation sites (tertiary alicyclic amines) is 1. The van der Waals surface area contributed by atoms with Gasteiger partial charge in [0.05, 0.1) is 7.11 Å². The first-order valence-corrected chi connectivity index (χ1v) is 10.2. The highest BCUT2D eigenvalue weighted by Crippen LogP contribution is 2.21. The fourth-order valence-electron chi connectivity index (χ4n) is 3.76. The third-order valence-corrected chi connectivity index (χ3v) is 5.32. The summed E-state index contributed by atoms with van der Waals surface area (Å²) >= 11 is 0. The van der Waals surface area contributed by atoms with Crippen LogP contribution in [0.3, 0.4) is 0 Å².